The van der Waals surface area contributed by atoms with E-state index in [0.29, 0.717) is 6.42 Å². The van der Waals surface area contributed by atoms with Gasteiger partial charge in [-0.1, -0.05) is 28.1 Å². The molecule has 0 saturated carbocycles. The molecule has 0 fully saturated rings. The van der Waals surface area contributed by atoms with Crippen LogP contribution in [0, 0.1) is 0 Å². The van der Waals surface area contributed by atoms with Gasteiger partial charge in [0.1, 0.15) is 0 Å². The average Bonchev–Trinajstić information content (AvgIpc) is 2.42. The Morgan fingerprint density at radius 1 is 1.05 bits per heavy atom. The minimum atomic E-state index is -0.615. The van der Waals surface area contributed by atoms with Crippen molar-refractivity contribution in [3.63, 3.8) is 0 Å². The van der Waals surface area contributed by atoms with Gasteiger partial charge < -0.3 is 14.9 Å². The molecular formula is C15H23BrO3. The molecule has 0 aliphatic rings. The fraction of sp³-hybridized carbons (Fsp3) is 0.600. The Morgan fingerprint density at radius 3 is 2.00 bits per heavy atom. The number of hydrogen-bond acceptors (Lipinski definition) is 3. The van der Waals surface area contributed by atoms with Crippen molar-refractivity contribution < 1.29 is 14.9 Å². The van der Waals surface area contributed by atoms with Crippen LogP contribution in [0.25, 0.3) is 0 Å². The molecule has 0 aromatic heterocycles. The largest absolute Gasteiger partial charge is 0.395 e. The number of halogens is 1. The van der Waals surface area contributed by atoms with Gasteiger partial charge in [0.25, 0.3) is 0 Å². The van der Waals surface area contributed by atoms with Crippen molar-refractivity contribution >= 4 is 15.9 Å². The van der Waals surface area contributed by atoms with E-state index in [1.165, 1.54) is 0 Å². The molecule has 1 aromatic rings. The van der Waals surface area contributed by atoms with Crippen molar-refractivity contribution in [2.24, 2.45) is 0 Å². The smallest absolute Gasteiger partial charge is 0.0623 e. The lowest BCUT2D eigenvalue weighted by molar-refractivity contribution is 0.000225. The van der Waals surface area contributed by atoms with Crippen molar-refractivity contribution in [2.75, 3.05) is 20.3 Å². The molecule has 1 aromatic carbocycles. The van der Waals surface area contributed by atoms with Crippen LogP contribution in [0.5, 0.6) is 0 Å². The summed E-state index contributed by atoms with van der Waals surface area (Å²) in [6, 6.07) is 7.74. The van der Waals surface area contributed by atoms with Crippen molar-refractivity contribution in [3.8, 4) is 0 Å². The van der Waals surface area contributed by atoms with E-state index >= 15 is 0 Å². The summed E-state index contributed by atoms with van der Waals surface area (Å²) >= 11 is 3.39. The van der Waals surface area contributed by atoms with E-state index in [1.54, 1.807) is 7.11 Å². The van der Waals surface area contributed by atoms with Gasteiger partial charge in [0.15, 0.2) is 0 Å². The Balaban J connectivity index is 2.94. The lowest BCUT2D eigenvalue weighted by Gasteiger charge is -2.34. The van der Waals surface area contributed by atoms with Crippen LogP contribution in [0.2, 0.25) is 0 Å². The van der Waals surface area contributed by atoms with Gasteiger partial charge in [-0.25, -0.2) is 0 Å². The summed E-state index contributed by atoms with van der Waals surface area (Å²) in [6.07, 6.45) is 1.43. The summed E-state index contributed by atoms with van der Waals surface area (Å²) < 4.78 is 6.39. The third kappa shape index (κ3) is 4.28. The first-order chi connectivity index (χ1) is 8.89. The Hall–Kier alpha value is -0.420. The van der Waals surface area contributed by atoms with Gasteiger partial charge in [0, 0.05) is 17.0 Å². The second kappa shape index (κ2) is 6.84. The third-order valence-corrected chi connectivity index (χ3v) is 4.35. The Labute approximate surface area is 123 Å². The van der Waals surface area contributed by atoms with Crippen LogP contribution in [-0.4, -0.2) is 36.1 Å². The Morgan fingerprint density at radius 2 is 1.58 bits per heavy atom. The number of rotatable bonds is 7. The molecule has 2 N–H and O–H groups in total. The highest BCUT2D eigenvalue weighted by atomic mass is 79.9. The van der Waals surface area contributed by atoms with Crippen LogP contribution in [0.4, 0.5) is 0 Å². The highest BCUT2D eigenvalue weighted by molar-refractivity contribution is 9.10. The first kappa shape index (κ1) is 16.6. The van der Waals surface area contributed by atoms with Gasteiger partial charge >= 0.3 is 0 Å². The predicted molar refractivity (Wildman–Crippen MR) is 80.3 cm³/mol. The van der Waals surface area contributed by atoms with E-state index in [4.69, 9.17) is 4.74 Å². The first-order valence-corrected chi connectivity index (χ1v) is 7.21. The summed E-state index contributed by atoms with van der Waals surface area (Å²) in [5.41, 5.74) is 0.0779. The van der Waals surface area contributed by atoms with Crippen LogP contribution in [-0.2, 0) is 10.2 Å². The molecule has 0 unspecified atom stereocenters. The van der Waals surface area contributed by atoms with E-state index in [-0.39, 0.29) is 18.8 Å². The number of methoxy groups -OCH3 is 1. The zero-order valence-electron chi connectivity index (χ0n) is 11.8. The van der Waals surface area contributed by atoms with Crippen LogP contribution in [0.15, 0.2) is 28.7 Å². The highest BCUT2D eigenvalue weighted by Crippen LogP contribution is 2.32. The van der Waals surface area contributed by atoms with Gasteiger partial charge in [0.2, 0.25) is 0 Å². The van der Waals surface area contributed by atoms with E-state index < -0.39 is 5.41 Å². The fourth-order valence-electron chi connectivity index (χ4n) is 1.98. The van der Waals surface area contributed by atoms with E-state index in [1.807, 2.05) is 38.1 Å². The Bertz CT molecular complexity index is 383. The molecule has 19 heavy (non-hydrogen) atoms. The van der Waals surface area contributed by atoms with E-state index in [2.05, 4.69) is 15.9 Å². The molecule has 0 aliphatic heterocycles. The number of aliphatic hydroxyl groups is 2. The molecule has 0 heterocycles. The molecule has 0 spiro atoms. The third-order valence-electron chi connectivity index (χ3n) is 3.82. The SMILES string of the molecule is COC(C)(C)CCC(CO)(CO)c1ccc(Br)cc1. The minimum absolute atomic E-state index is 0.0784. The molecule has 1 rings (SSSR count). The molecule has 0 saturated heterocycles. The monoisotopic (exact) mass is 330 g/mol. The molecule has 108 valence electrons. The quantitative estimate of drug-likeness (QED) is 0.808. The maximum atomic E-state index is 9.76. The first-order valence-electron chi connectivity index (χ1n) is 6.42. The summed E-state index contributed by atoms with van der Waals surface area (Å²) in [6.45, 7) is 3.86. The summed E-state index contributed by atoms with van der Waals surface area (Å²) in [4.78, 5) is 0. The van der Waals surface area contributed by atoms with Crippen LogP contribution >= 0.6 is 15.9 Å². The fourth-order valence-corrected chi connectivity index (χ4v) is 2.25. The standard InChI is InChI=1S/C15H23BrO3/c1-14(2,19-3)8-9-15(10-17,11-18)12-4-6-13(16)7-5-12/h4-7,17-18H,8-11H2,1-3H3. The van der Waals surface area contributed by atoms with Crippen LogP contribution < -0.4 is 0 Å². The predicted octanol–water partition coefficient (Wildman–Crippen LogP) is 2.88. The average molecular weight is 331 g/mol. The van der Waals surface area contributed by atoms with Crippen molar-refractivity contribution in [1.29, 1.82) is 0 Å². The van der Waals surface area contributed by atoms with Gasteiger partial charge in [-0.05, 0) is 44.4 Å². The zero-order valence-corrected chi connectivity index (χ0v) is 13.4. The summed E-state index contributed by atoms with van der Waals surface area (Å²) in [5.74, 6) is 0. The van der Waals surface area contributed by atoms with Crippen molar-refractivity contribution in [1.82, 2.24) is 0 Å². The maximum absolute atomic E-state index is 9.76. The molecule has 0 amide bonds. The second-order valence-electron chi connectivity index (χ2n) is 5.57. The van der Waals surface area contributed by atoms with Crippen LogP contribution in [0.1, 0.15) is 32.3 Å². The molecule has 0 atom stereocenters. The van der Waals surface area contributed by atoms with E-state index in [9.17, 15) is 10.2 Å². The molecule has 4 heteroatoms. The van der Waals surface area contributed by atoms with E-state index in [0.717, 1.165) is 16.5 Å². The van der Waals surface area contributed by atoms with Gasteiger partial charge in [0.05, 0.1) is 18.8 Å². The molecule has 0 radical (unpaired) electrons. The number of aliphatic hydroxyl groups excluding tert-OH is 2. The number of benzene rings is 1. The second-order valence-corrected chi connectivity index (χ2v) is 6.48. The molecular weight excluding hydrogens is 308 g/mol. The maximum Gasteiger partial charge on any atom is 0.0623 e. The van der Waals surface area contributed by atoms with Crippen LogP contribution in [0.3, 0.4) is 0 Å². The van der Waals surface area contributed by atoms with Gasteiger partial charge in [-0.3, -0.25) is 0 Å². The van der Waals surface area contributed by atoms with Gasteiger partial charge in [-0.15, -0.1) is 0 Å². The Kier molecular flexibility index (Phi) is 5.99. The highest BCUT2D eigenvalue weighted by Gasteiger charge is 2.33. The van der Waals surface area contributed by atoms with Gasteiger partial charge in [-0.2, -0.15) is 0 Å². The lowest BCUT2D eigenvalue weighted by atomic mass is 9.76. The lowest BCUT2D eigenvalue weighted by Crippen LogP contribution is -2.37. The zero-order chi connectivity index (χ0) is 14.5. The van der Waals surface area contributed by atoms with Crippen molar-refractivity contribution in [3.05, 3.63) is 34.3 Å². The van der Waals surface area contributed by atoms with Crippen molar-refractivity contribution in [2.45, 2.75) is 37.7 Å². The molecule has 0 aliphatic carbocycles. The number of ether oxygens (including phenoxy) is 1. The molecule has 3 nitrogen and oxygen atoms in total. The molecule has 0 bridgehead atoms. The normalized spacial score (nSPS) is 12.7. The summed E-state index contributed by atoms with van der Waals surface area (Å²) in [7, 11) is 1.68. The summed E-state index contributed by atoms with van der Waals surface area (Å²) in [5, 5.41) is 19.5. The number of hydrogen-bond donors (Lipinski definition) is 2. The minimum Gasteiger partial charge on any atom is -0.395 e. The topological polar surface area (TPSA) is 49.7 Å².